The number of halogens is 1. The van der Waals surface area contributed by atoms with Gasteiger partial charge in [0.1, 0.15) is 0 Å². The molecule has 1 heterocycles. The molecule has 1 aliphatic rings. The molecule has 2 N–H and O–H groups in total. The molecule has 1 aromatic heterocycles. The van der Waals surface area contributed by atoms with Gasteiger partial charge in [-0.25, -0.2) is 9.78 Å². The number of urea groups is 1. The lowest BCUT2D eigenvalue weighted by molar-refractivity contribution is -0.119. The molecule has 138 valence electrons. The van der Waals surface area contributed by atoms with Crippen molar-refractivity contribution in [3.63, 3.8) is 0 Å². The number of hydrogen-bond donors (Lipinski definition) is 2. The smallest absolute Gasteiger partial charge is 0.321 e. The van der Waals surface area contributed by atoms with E-state index in [1.54, 1.807) is 13.1 Å². The van der Waals surface area contributed by atoms with Crippen molar-refractivity contribution in [2.24, 2.45) is 0 Å². The van der Waals surface area contributed by atoms with Crippen molar-refractivity contribution in [3.8, 4) is 5.69 Å². The maximum Gasteiger partial charge on any atom is 0.321 e. The fraction of sp³-hybridized carbons (Fsp3) is 0.389. The highest BCUT2D eigenvalue weighted by atomic mass is 79.9. The van der Waals surface area contributed by atoms with Crippen molar-refractivity contribution < 1.29 is 9.59 Å². The lowest BCUT2D eigenvalue weighted by atomic mass is 10.2. The number of amides is 3. The molecule has 1 aliphatic carbocycles. The van der Waals surface area contributed by atoms with Gasteiger partial charge in [-0.05, 0) is 44.0 Å². The van der Waals surface area contributed by atoms with Crippen LogP contribution in [0, 0.1) is 0 Å². The summed E-state index contributed by atoms with van der Waals surface area (Å²) in [5.41, 5.74) is 0.958. The molecule has 1 aromatic carbocycles. The van der Waals surface area contributed by atoms with Gasteiger partial charge in [-0.2, -0.15) is 0 Å². The number of benzene rings is 1. The molecule has 3 amide bonds. The van der Waals surface area contributed by atoms with Crippen molar-refractivity contribution in [1.29, 1.82) is 0 Å². The van der Waals surface area contributed by atoms with Gasteiger partial charge in [-0.3, -0.25) is 14.7 Å². The number of imidazole rings is 1. The predicted molar refractivity (Wildman–Crippen MR) is 106 cm³/mol. The number of carbonyl (C=O) groups excluding carboxylic acids is 2. The Kier molecular flexibility index (Phi) is 6.37. The molecule has 3 rings (SSSR count). The van der Waals surface area contributed by atoms with Crippen LogP contribution in [0.3, 0.4) is 0 Å². The number of aromatic nitrogens is 2. The van der Waals surface area contributed by atoms with Gasteiger partial charge in [0.25, 0.3) is 0 Å². The summed E-state index contributed by atoms with van der Waals surface area (Å²) >= 11 is 4.74. The first kappa shape index (κ1) is 19.0. The number of rotatable bonds is 5. The minimum atomic E-state index is -0.444. The number of hydrogen-bond acceptors (Lipinski definition) is 4. The zero-order valence-corrected chi connectivity index (χ0v) is 16.8. The quantitative estimate of drug-likeness (QED) is 0.697. The van der Waals surface area contributed by atoms with Crippen LogP contribution in [0.5, 0.6) is 0 Å². The summed E-state index contributed by atoms with van der Waals surface area (Å²) in [6.45, 7) is 1.77. The van der Waals surface area contributed by atoms with E-state index in [1.165, 1.54) is 11.8 Å². The molecular formula is C18H21BrN4O2S. The van der Waals surface area contributed by atoms with E-state index in [2.05, 4.69) is 31.5 Å². The van der Waals surface area contributed by atoms with Gasteiger partial charge in [0.2, 0.25) is 5.91 Å². The van der Waals surface area contributed by atoms with Crippen molar-refractivity contribution in [2.75, 3.05) is 0 Å². The highest BCUT2D eigenvalue weighted by Gasteiger charge is 2.22. The molecule has 8 heteroatoms. The lowest BCUT2D eigenvalue weighted by Gasteiger charge is -2.15. The van der Waals surface area contributed by atoms with Crippen LogP contribution in [-0.2, 0) is 4.79 Å². The maximum absolute atomic E-state index is 12.3. The molecule has 0 radical (unpaired) electrons. The van der Waals surface area contributed by atoms with Gasteiger partial charge in [-0.15, -0.1) is 0 Å². The van der Waals surface area contributed by atoms with E-state index in [0.717, 1.165) is 35.8 Å². The fourth-order valence-electron chi connectivity index (χ4n) is 2.89. The summed E-state index contributed by atoms with van der Waals surface area (Å²) in [5.74, 6) is -0.323. The molecule has 6 nitrogen and oxygen atoms in total. The van der Waals surface area contributed by atoms with E-state index in [-0.39, 0.29) is 11.9 Å². The number of thioether (sulfide) groups is 1. The number of imide groups is 1. The van der Waals surface area contributed by atoms with E-state index in [0.29, 0.717) is 5.16 Å². The van der Waals surface area contributed by atoms with E-state index >= 15 is 0 Å². The summed E-state index contributed by atoms with van der Waals surface area (Å²) in [7, 11) is 0. The second-order valence-electron chi connectivity index (χ2n) is 6.26. The molecule has 0 spiro atoms. The lowest BCUT2D eigenvalue weighted by Crippen LogP contribution is -2.45. The number of carbonyl (C=O) groups is 2. The summed E-state index contributed by atoms with van der Waals surface area (Å²) < 4.78 is 2.91. The van der Waals surface area contributed by atoms with Gasteiger partial charge >= 0.3 is 6.03 Å². The third-order valence-electron chi connectivity index (χ3n) is 4.29. The first-order valence-corrected chi connectivity index (χ1v) is 10.3. The monoisotopic (exact) mass is 436 g/mol. The van der Waals surface area contributed by atoms with Crippen LogP contribution >= 0.6 is 27.7 Å². The molecule has 0 aliphatic heterocycles. The third-order valence-corrected chi connectivity index (χ3v) is 5.90. The summed E-state index contributed by atoms with van der Waals surface area (Å²) in [4.78, 5) is 28.6. The average Bonchev–Trinajstić information content (AvgIpc) is 3.27. The average molecular weight is 437 g/mol. The molecule has 0 bridgehead atoms. The van der Waals surface area contributed by atoms with Gasteiger partial charge in [0.15, 0.2) is 5.16 Å². The van der Waals surface area contributed by atoms with Crippen LogP contribution in [0.1, 0.15) is 32.6 Å². The van der Waals surface area contributed by atoms with Gasteiger partial charge in [0, 0.05) is 28.6 Å². The first-order valence-electron chi connectivity index (χ1n) is 8.60. The van der Waals surface area contributed by atoms with Crippen LogP contribution in [0.2, 0.25) is 0 Å². The molecule has 2 aromatic rings. The summed E-state index contributed by atoms with van der Waals surface area (Å²) in [5, 5.41) is 5.55. The maximum atomic E-state index is 12.3. The SMILES string of the molecule is CC(Sc1nccn1-c1ccc(Br)cc1)C(=O)NC(=O)NC1CCCC1. The molecule has 26 heavy (non-hydrogen) atoms. The Balaban J connectivity index is 1.58. The molecule has 1 atom stereocenters. The van der Waals surface area contributed by atoms with E-state index in [9.17, 15) is 9.59 Å². The predicted octanol–water partition coefficient (Wildman–Crippen LogP) is 3.88. The van der Waals surface area contributed by atoms with E-state index < -0.39 is 11.3 Å². The Hall–Kier alpha value is -1.80. The molecule has 0 saturated heterocycles. The Morgan fingerprint density at radius 2 is 1.96 bits per heavy atom. The van der Waals surface area contributed by atoms with E-state index in [4.69, 9.17) is 0 Å². The molecular weight excluding hydrogens is 416 g/mol. The van der Waals surface area contributed by atoms with Gasteiger partial charge < -0.3 is 5.32 Å². The Bertz CT molecular complexity index is 772. The molecule has 1 fully saturated rings. The minimum absolute atomic E-state index is 0.182. The molecule has 1 unspecified atom stereocenters. The van der Waals surface area contributed by atoms with Crippen molar-refractivity contribution in [3.05, 3.63) is 41.1 Å². The zero-order chi connectivity index (χ0) is 18.5. The Labute approximate surface area is 165 Å². The van der Waals surface area contributed by atoms with Crippen LogP contribution in [0.15, 0.2) is 46.3 Å². The third kappa shape index (κ3) is 4.88. The van der Waals surface area contributed by atoms with Crippen LogP contribution in [0.4, 0.5) is 4.79 Å². The fourth-order valence-corrected chi connectivity index (χ4v) is 4.04. The summed E-state index contributed by atoms with van der Waals surface area (Å²) in [6, 6.07) is 7.61. The van der Waals surface area contributed by atoms with Crippen LogP contribution < -0.4 is 10.6 Å². The van der Waals surface area contributed by atoms with Crippen molar-refractivity contribution >= 4 is 39.6 Å². The number of nitrogens with zero attached hydrogens (tertiary/aromatic N) is 2. The van der Waals surface area contributed by atoms with Crippen LogP contribution in [0.25, 0.3) is 5.69 Å². The zero-order valence-electron chi connectivity index (χ0n) is 14.4. The Morgan fingerprint density at radius 3 is 2.65 bits per heavy atom. The minimum Gasteiger partial charge on any atom is -0.335 e. The highest BCUT2D eigenvalue weighted by Crippen LogP contribution is 2.25. The number of nitrogens with one attached hydrogen (secondary N) is 2. The largest absolute Gasteiger partial charge is 0.335 e. The van der Waals surface area contributed by atoms with Gasteiger partial charge in [-0.1, -0.05) is 40.5 Å². The topological polar surface area (TPSA) is 76.0 Å². The standard InChI is InChI=1S/C18H21BrN4O2S/c1-12(16(24)22-17(25)21-14-4-2-3-5-14)26-18-20-10-11-23(18)15-8-6-13(19)7-9-15/h6-12,14H,2-5H2,1H3,(H2,21,22,24,25). The molecule has 1 saturated carbocycles. The Morgan fingerprint density at radius 1 is 1.27 bits per heavy atom. The second-order valence-corrected chi connectivity index (χ2v) is 8.48. The van der Waals surface area contributed by atoms with E-state index in [1.807, 2.05) is 35.0 Å². The highest BCUT2D eigenvalue weighted by molar-refractivity contribution is 9.10. The van der Waals surface area contributed by atoms with Gasteiger partial charge in [0.05, 0.1) is 5.25 Å². The van der Waals surface area contributed by atoms with Crippen molar-refractivity contribution in [2.45, 2.75) is 49.1 Å². The van der Waals surface area contributed by atoms with Crippen molar-refractivity contribution in [1.82, 2.24) is 20.2 Å². The second kappa shape index (κ2) is 8.73. The first-order chi connectivity index (χ1) is 12.5. The van der Waals surface area contributed by atoms with Crippen LogP contribution in [-0.4, -0.2) is 32.8 Å². The normalized spacial score (nSPS) is 15.6. The summed E-state index contributed by atoms with van der Waals surface area (Å²) in [6.07, 6.45) is 7.77.